The van der Waals surface area contributed by atoms with Gasteiger partial charge >= 0.3 is 6.18 Å². The summed E-state index contributed by atoms with van der Waals surface area (Å²) in [6.07, 6.45) is -2.02. The quantitative estimate of drug-likeness (QED) is 0.731. The van der Waals surface area contributed by atoms with Crippen LogP contribution in [0.25, 0.3) is 0 Å². The lowest BCUT2D eigenvalue weighted by molar-refractivity contribution is -0.184. The summed E-state index contributed by atoms with van der Waals surface area (Å²) in [5.74, 6) is -0.141. The van der Waals surface area contributed by atoms with Crippen LogP contribution in [0.4, 0.5) is 13.2 Å². The van der Waals surface area contributed by atoms with E-state index in [1.807, 2.05) is 0 Å². The number of amides is 1. The van der Waals surface area contributed by atoms with Crippen molar-refractivity contribution in [3.63, 3.8) is 0 Å². The molecule has 0 N–H and O–H groups in total. The molecule has 1 aliphatic carbocycles. The molecule has 110 valence electrons. The van der Waals surface area contributed by atoms with Gasteiger partial charge in [-0.05, 0) is 37.5 Å². The zero-order valence-electron chi connectivity index (χ0n) is 10.8. The summed E-state index contributed by atoms with van der Waals surface area (Å²) in [4.78, 5) is 13.5. The monoisotopic (exact) mass is 297 g/mol. The predicted octanol–water partition coefficient (Wildman–Crippen LogP) is 3.44. The van der Waals surface area contributed by atoms with Crippen molar-refractivity contribution in [3.05, 3.63) is 0 Å². The van der Waals surface area contributed by atoms with E-state index in [4.69, 9.17) is 11.6 Å². The number of halogens is 4. The summed E-state index contributed by atoms with van der Waals surface area (Å²) in [7, 11) is 0. The number of nitrogens with zero attached hydrogens (tertiary/aromatic N) is 1. The van der Waals surface area contributed by atoms with Crippen molar-refractivity contribution in [1.29, 1.82) is 0 Å². The smallest absolute Gasteiger partial charge is 0.342 e. The summed E-state index contributed by atoms with van der Waals surface area (Å²) >= 11 is 5.75. The van der Waals surface area contributed by atoms with E-state index in [0.717, 1.165) is 0 Å². The number of carbonyl (C=O) groups is 1. The Bertz CT molecular complexity index is 326. The number of hydrogen-bond donors (Lipinski definition) is 0. The standard InChI is InChI=1S/C13H19ClF3NO/c14-6-10-5-12(19)18(8-10)7-9-1-3-11(4-2-9)13(15,16)17/h9-11H,1-8H2. The summed E-state index contributed by atoms with van der Waals surface area (Å²) in [5, 5.41) is 0. The number of likely N-dealkylation sites (tertiary alicyclic amines) is 1. The van der Waals surface area contributed by atoms with Crippen LogP contribution in [0.1, 0.15) is 32.1 Å². The molecule has 1 amide bonds. The number of hydrogen-bond acceptors (Lipinski definition) is 1. The van der Waals surface area contributed by atoms with Crippen LogP contribution in [0.5, 0.6) is 0 Å². The van der Waals surface area contributed by atoms with E-state index in [-0.39, 0.29) is 30.6 Å². The third kappa shape index (κ3) is 3.77. The summed E-state index contributed by atoms with van der Waals surface area (Å²) < 4.78 is 37.7. The van der Waals surface area contributed by atoms with Crippen molar-refractivity contribution in [1.82, 2.24) is 4.90 Å². The van der Waals surface area contributed by atoms with Crippen LogP contribution < -0.4 is 0 Å². The molecule has 1 aliphatic heterocycles. The Morgan fingerprint density at radius 3 is 2.26 bits per heavy atom. The van der Waals surface area contributed by atoms with Crippen LogP contribution in [-0.4, -0.2) is 36.0 Å². The van der Waals surface area contributed by atoms with Crippen LogP contribution in [0.15, 0.2) is 0 Å². The molecule has 2 nitrogen and oxygen atoms in total. The minimum Gasteiger partial charge on any atom is -0.342 e. The van der Waals surface area contributed by atoms with Crippen molar-refractivity contribution in [2.24, 2.45) is 17.8 Å². The molecule has 1 saturated carbocycles. The van der Waals surface area contributed by atoms with Gasteiger partial charge in [0.2, 0.25) is 5.91 Å². The normalized spacial score (nSPS) is 32.9. The molecule has 0 aromatic carbocycles. The second-order valence-corrected chi connectivity index (χ2v) is 6.09. The van der Waals surface area contributed by atoms with Gasteiger partial charge in [-0.3, -0.25) is 4.79 Å². The maximum Gasteiger partial charge on any atom is 0.391 e. The van der Waals surface area contributed by atoms with Crippen molar-refractivity contribution in [2.75, 3.05) is 19.0 Å². The minimum absolute atomic E-state index is 0.101. The van der Waals surface area contributed by atoms with Crippen LogP contribution in [-0.2, 0) is 4.79 Å². The predicted molar refractivity (Wildman–Crippen MR) is 66.9 cm³/mol. The summed E-state index contributed by atoms with van der Waals surface area (Å²) in [6, 6.07) is 0. The fourth-order valence-electron chi connectivity index (χ4n) is 3.12. The lowest BCUT2D eigenvalue weighted by Crippen LogP contribution is -2.35. The van der Waals surface area contributed by atoms with Crippen LogP contribution in [0, 0.1) is 17.8 Å². The van der Waals surface area contributed by atoms with Gasteiger partial charge in [0.05, 0.1) is 5.92 Å². The zero-order chi connectivity index (χ0) is 14.0. The first-order valence-electron chi connectivity index (χ1n) is 6.80. The first-order chi connectivity index (χ1) is 8.90. The summed E-state index contributed by atoms with van der Waals surface area (Å²) in [6.45, 7) is 1.28. The topological polar surface area (TPSA) is 20.3 Å². The molecule has 0 spiro atoms. The Labute approximate surface area is 116 Å². The van der Waals surface area contributed by atoms with Crippen molar-refractivity contribution in [3.8, 4) is 0 Å². The number of rotatable bonds is 3. The second-order valence-electron chi connectivity index (χ2n) is 5.78. The minimum atomic E-state index is -4.06. The molecule has 1 atom stereocenters. The molecule has 1 saturated heterocycles. The van der Waals surface area contributed by atoms with E-state index >= 15 is 0 Å². The van der Waals surface area contributed by atoms with E-state index < -0.39 is 12.1 Å². The Morgan fingerprint density at radius 1 is 1.16 bits per heavy atom. The van der Waals surface area contributed by atoms with Crippen molar-refractivity contribution < 1.29 is 18.0 Å². The van der Waals surface area contributed by atoms with Crippen LogP contribution >= 0.6 is 11.6 Å². The van der Waals surface area contributed by atoms with Gasteiger partial charge in [0.1, 0.15) is 0 Å². The Morgan fingerprint density at radius 2 is 1.79 bits per heavy atom. The number of carbonyl (C=O) groups excluding carboxylic acids is 1. The SMILES string of the molecule is O=C1CC(CCl)CN1CC1CCC(C(F)(F)F)CC1. The molecule has 0 bridgehead atoms. The van der Waals surface area contributed by atoms with Gasteiger partial charge in [-0.15, -0.1) is 11.6 Å². The first-order valence-corrected chi connectivity index (χ1v) is 7.34. The molecule has 2 aliphatic rings. The summed E-state index contributed by atoms with van der Waals surface area (Å²) in [5.41, 5.74) is 0. The molecular formula is C13H19ClF3NO. The maximum atomic E-state index is 12.6. The molecular weight excluding hydrogens is 279 g/mol. The lowest BCUT2D eigenvalue weighted by Gasteiger charge is -2.32. The Balaban J connectivity index is 1.79. The number of alkyl halides is 4. The molecule has 19 heavy (non-hydrogen) atoms. The van der Waals surface area contributed by atoms with E-state index in [1.165, 1.54) is 0 Å². The van der Waals surface area contributed by atoms with Gasteiger partial charge in [0.15, 0.2) is 0 Å². The highest BCUT2D eigenvalue weighted by molar-refractivity contribution is 6.18. The van der Waals surface area contributed by atoms with E-state index in [1.54, 1.807) is 4.90 Å². The third-order valence-corrected chi connectivity index (χ3v) is 4.74. The van der Waals surface area contributed by atoms with Gasteiger partial charge in [0, 0.05) is 25.4 Å². The third-order valence-electron chi connectivity index (χ3n) is 4.30. The molecule has 1 heterocycles. The Kier molecular flexibility index (Phi) is 4.64. The van der Waals surface area contributed by atoms with Gasteiger partial charge in [-0.1, -0.05) is 0 Å². The molecule has 2 fully saturated rings. The molecule has 2 rings (SSSR count). The highest BCUT2D eigenvalue weighted by Gasteiger charge is 2.42. The van der Waals surface area contributed by atoms with E-state index in [9.17, 15) is 18.0 Å². The largest absolute Gasteiger partial charge is 0.391 e. The highest BCUT2D eigenvalue weighted by atomic mass is 35.5. The molecule has 1 unspecified atom stereocenters. The van der Waals surface area contributed by atoms with Gasteiger partial charge in [-0.25, -0.2) is 0 Å². The van der Waals surface area contributed by atoms with Crippen molar-refractivity contribution in [2.45, 2.75) is 38.3 Å². The molecule has 0 radical (unpaired) electrons. The van der Waals surface area contributed by atoms with Crippen molar-refractivity contribution >= 4 is 17.5 Å². The average Bonchev–Trinajstić information content (AvgIpc) is 2.70. The lowest BCUT2D eigenvalue weighted by atomic mass is 9.81. The zero-order valence-corrected chi connectivity index (χ0v) is 11.5. The average molecular weight is 298 g/mol. The van der Waals surface area contributed by atoms with E-state index in [0.29, 0.717) is 38.2 Å². The van der Waals surface area contributed by atoms with Gasteiger partial charge < -0.3 is 4.90 Å². The van der Waals surface area contributed by atoms with Crippen LogP contribution in [0.2, 0.25) is 0 Å². The molecule has 0 aromatic rings. The Hall–Kier alpha value is -0.450. The second kappa shape index (κ2) is 5.90. The van der Waals surface area contributed by atoms with Gasteiger partial charge in [0.25, 0.3) is 0 Å². The van der Waals surface area contributed by atoms with E-state index in [2.05, 4.69) is 0 Å². The first kappa shape index (κ1) is 14.9. The highest BCUT2D eigenvalue weighted by Crippen LogP contribution is 2.40. The fraction of sp³-hybridized carbons (Fsp3) is 0.923. The van der Waals surface area contributed by atoms with Crippen LogP contribution in [0.3, 0.4) is 0 Å². The van der Waals surface area contributed by atoms with Gasteiger partial charge in [-0.2, -0.15) is 13.2 Å². The molecule has 0 aromatic heterocycles. The molecule has 6 heteroatoms. The maximum absolute atomic E-state index is 12.6. The fourth-order valence-corrected chi connectivity index (χ4v) is 3.32.